The number of carbonyl (C=O) groups excluding carboxylic acids is 3. The molecule has 3 aromatic carbocycles. The van der Waals surface area contributed by atoms with E-state index in [0.29, 0.717) is 22.6 Å². The van der Waals surface area contributed by atoms with Crippen molar-refractivity contribution in [2.75, 3.05) is 0 Å². The van der Waals surface area contributed by atoms with Crippen LogP contribution in [0.25, 0.3) is 0 Å². The van der Waals surface area contributed by atoms with Crippen molar-refractivity contribution in [2.24, 2.45) is 17.6 Å². The number of alkyl carbamates (subject to hydrolysis) is 1. The highest BCUT2D eigenvalue weighted by atomic mass is 19.3. The minimum absolute atomic E-state index is 0.105. The van der Waals surface area contributed by atoms with E-state index in [9.17, 15) is 19.5 Å². The van der Waals surface area contributed by atoms with Crippen molar-refractivity contribution in [3.63, 3.8) is 0 Å². The minimum atomic E-state index is -4.45. The van der Waals surface area contributed by atoms with E-state index in [4.69, 9.17) is 15.2 Å². The molecule has 1 aromatic heterocycles. The molecular formula is C37H40F2N4O6. The summed E-state index contributed by atoms with van der Waals surface area (Å²) in [6.45, 7) is 3.00. The monoisotopic (exact) mass is 674 g/mol. The number of nitrogens with one attached hydrogen (secondary N) is 2. The van der Waals surface area contributed by atoms with E-state index >= 15 is 8.78 Å². The van der Waals surface area contributed by atoms with E-state index in [1.807, 2.05) is 6.07 Å². The second-order valence-electron chi connectivity index (χ2n) is 11.8. The van der Waals surface area contributed by atoms with Crippen molar-refractivity contribution in [2.45, 2.75) is 57.7 Å². The topological polar surface area (TPSA) is 153 Å². The fraction of sp³-hybridized carbons (Fsp3) is 0.297. The third-order valence-electron chi connectivity index (χ3n) is 7.86. The third kappa shape index (κ3) is 10.1. The van der Waals surface area contributed by atoms with Crippen LogP contribution in [0.2, 0.25) is 0 Å². The maximum Gasteiger partial charge on any atom is 0.408 e. The number of aliphatic hydroxyl groups excluding tert-OH is 1. The summed E-state index contributed by atoms with van der Waals surface area (Å²) in [6.07, 6.45) is -2.21. The van der Waals surface area contributed by atoms with Gasteiger partial charge in [0.2, 0.25) is 0 Å². The number of alkyl halides is 2. The van der Waals surface area contributed by atoms with Gasteiger partial charge in [-0.1, -0.05) is 92.7 Å². The largest absolute Gasteiger partial charge is 0.487 e. The Morgan fingerprint density at radius 3 is 2.06 bits per heavy atom. The van der Waals surface area contributed by atoms with Gasteiger partial charge in [-0.2, -0.15) is 8.78 Å². The molecule has 2 amide bonds. The number of hydrogen-bond acceptors (Lipinski definition) is 8. The summed E-state index contributed by atoms with van der Waals surface area (Å²) in [4.78, 5) is 43.9. The van der Waals surface area contributed by atoms with Gasteiger partial charge >= 0.3 is 12.0 Å². The Morgan fingerprint density at radius 1 is 0.857 bits per heavy atom. The van der Waals surface area contributed by atoms with Gasteiger partial charge in [0.15, 0.2) is 5.78 Å². The zero-order valence-electron chi connectivity index (χ0n) is 27.2. The first-order valence-electron chi connectivity index (χ1n) is 15.7. The van der Waals surface area contributed by atoms with Crippen LogP contribution >= 0.6 is 0 Å². The second-order valence-corrected chi connectivity index (χ2v) is 11.8. The summed E-state index contributed by atoms with van der Waals surface area (Å²) in [5, 5.41) is 15.8. The highest BCUT2D eigenvalue weighted by molar-refractivity contribution is 5.92. The van der Waals surface area contributed by atoms with Gasteiger partial charge in [-0.15, -0.1) is 0 Å². The van der Waals surface area contributed by atoms with Gasteiger partial charge in [0, 0.05) is 18.8 Å². The number of carbonyl (C=O) groups is 3. The summed E-state index contributed by atoms with van der Waals surface area (Å²) >= 11 is 0. The predicted molar refractivity (Wildman–Crippen MR) is 178 cm³/mol. The Kier molecular flexibility index (Phi) is 12.9. The van der Waals surface area contributed by atoms with Crippen molar-refractivity contribution in [1.82, 2.24) is 15.6 Å². The number of nitrogens with two attached hydrogens (primary N) is 1. The van der Waals surface area contributed by atoms with E-state index in [0.717, 1.165) is 0 Å². The van der Waals surface area contributed by atoms with Gasteiger partial charge in [0.25, 0.3) is 5.91 Å². The van der Waals surface area contributed by atoms with Crippen molar-refractivity contribution in [1.29, 1.82) is 0 Å². The molecule has 0 fully saturated rings. The molecule has 0 bridgehead atoms. The van der Waals surface area contributed by atoms with Crippen LogP contribution in [0.4, 0.5) is 13.6 Å². The maximum absolute atomic E-state index is 15.8. The third-order valence-corrected chi connectivity index (χ3v) is 7.86. The first-order chi connectivity index (χ1) is 23.5. The van der Waals surface area contributed by atoms with Gasteiger partial charge < -0.3 is 30.9 Å². The molecule has 4 rings (SSSR count). The van der Waals surface area contributed by atoms with Crippen LogP contribution in [0.5, 0.6) is 5.75 Å². The molecule has 258 valence electrons. The van der Waals surface area contributed by atoms with Gasteiger partial charge in [0.05, 0.1) is 17.7 Å². The number of ketones is 1. The lowest BCUT2D eigenvalue weighted by molar-refractivity contribution is -0.174. The SMILES string of the molecule is CC(C)[C@H](NC(=O)OCc1ccccc1)C(=O)C(C(N)c1ccc(OCc2ccccn2)cc1)C(O)C(F)(F)C(=O)NCc1ccccc1. The van der Waals surface area contributed by atoms with Crippen molar-refractivity contribution < 1.29 is 37.7 Å². The molecule has 0 spiro atoms. The van der Waals surface area contributed by atoms with Crippen molar-refractivity contribution in [3.05, 3.63) is 132 Å². The molecule has 4 atom stereocenters. The molecule has 12 heteroatoms. The van der Waals surface area contributed by atoms with Crippen LogP contribution < -0.4 is 21.1 Å². The molecule has 0 saturated heterocycles. The first-order valence-corrected chi connectivity index (χ1v) is 15.7. The average molecular weight is 675 g/mol. The molecule has 4 aromatic rings. The van der Waals surface area contributed by atoms with Gasteiger partial charge in [-0.05, 0) is 46.9 Å². The van der Waals surface area contributed by atoms with Gasteiger partial charge in [-0.25, -0.2) is 4.79 Å². The smallest absolute Gasteiger partial charge is 0.408 e. The van der Waals surface area contributed by atoms with E-state index < -0.39 is 53.7 Å². The molecule has 5 N–H and O–H groups in total. The van der Waals surface area contributed by atoms with Crippen LogP contribution in [0.15, 0.2) is 109 Å². The molecular weight excluding hydrogens is 634 g/mol. The fourth-order valence-corrected chi connectivity index (χ4v) is 5.08. The van der Waals surface area contributed by atoms with E-state index in [1.54, 1.807) is 92.8 Å². The van der Waals surface area contributed by atoms with Crippen molar-refractivity contribution in [3.8, 4) is 5.75 Å². The lowest BCUT2D eigenvalue weighted by Crippen LogP contribution is -2.58. The Hall–Kier alpha value is -5.20. The van der Waals surface area contributed by atoms with Crippen LogP contribution in [-0.2, 0) is 34.1 Å². The molecule has 3 unspecified atom stereocenters. The highest BCUT2D eigenvalue weighted by Gasteiger charge is 2.54. The maximum atomic E-state index is 15.8. The molecule has 10 nitrogen and oxygen atoms in total. The number of hydrogen-bond donors (Lipinski definition) is 4. The Morgan fingerprint density at radius 2 is 1.47 bits per heavy atom. The predicted octanol–water partition coefficient (Wildman–Crippen LogP) is 5.11. The number of halogens is 2. The zero-order valence-corrected chi connectivity index (χ0v) is 27.2. The second kappa shape index (κ2) is 17.3. The molecule has 0 aliphatic rings. The normalized spacial score (nSPS) is 13.9. The van der Waals surface area contributed by atoms with Gasteiger partial charge in [-0.3, -0.25) is 14.6 Å². The number of benzene rings is 3. The van der Waals surface area contributed by atoms with Crippen LogP contribution in [-0.4, -0.2) is 45.9 Å². The standard InChI is InChI=1S/C37H40F2N4O6/c1-24(2)32(43-36(47)49-22-26-13-7-4-8-14-26)33(44)30(34(45)37(38,39)35(46)42-21-25-11-5-3-6-12-25)31(40)27-16-18-29(19-17-27)48-23-28-15-9-10-20-41-28/h3-20,24,30-32,34,45H,21-23,40H2,1-2H3,(H,42,46)(H,43,47)/t30?,31?,32-,34?/m0/s1. The number of pyridine rings is 1. The average Bonchev–Trinajstić information content (AvgIpc) is 3.12. The summed E-state index contributed by atoms with van der Waals surface area (Å²) in [5.74, 6) is -9.51. The fourth-order valence-electron chi connectivity index (χ4n) is 5.08. The molecule has 0 aliphatic heterocycles. The number of nitrogens with zero attached hydrogens (tertiary/aromatic N) is 1. The minimum Gasteiger partial charge on any atom is -0.487 e. The number of aromatic nitrogens is 1. The summed E-state index contributed by atoms with van der Waals surface area (Å²) in [7, 11) is 0. The van der Waals surface area contributed by atoms with Crippen molar-refractivity contribution >= 4 is 17.8 Å². The van der Waals surface area contributed by atoms with Crippen LogP contribution in [0.3, 0.4) is 0 Å². The van der Waals surface area contributed by atoms with Gasteiger partial charge in [0.1, 0.15) is 25.1 Å². The summed E-state index contributed by atoms with van der Waals surface area (Å²) < 4.78 is 42.5. The Bertz CT molecular complexity index is 1640. The number of rotatable bonds is 16. The number of ether oxygens (including phenoxy) is 2. The van der Waals surface area contributed by atoms with E-state index in [1.165, 1.54) is 24.3 Å². The number of aliphatic hydroxyl groups is 1. The Balaban J connectivity index is 1.57. The lowest BCUT2D eigenvalue weighted by Gasteiger charge is -2.35. The molecule has 1 heterocycles. The highest BCUT2D eigenvalue weighted by Crippen LogP contribution is 2.35. The first kappa shape index (κ1) is 36.6. The van der Waals surface area contributed by atoms with E-state index in [-0.39, 0.29) is 25.3 Å². The summed E-state index contributed by atoms with van der Waals surface area (Å²) in [5.41, 5.74) is 8.61. The number of amides is 2. The number of Topliss-reactive ketones (excluding diaryl/α,β-unsaturated/α-hetero) is 1. The lowest BCUT2D eigenvalue weighted by atomic mass is 9.78. The zero-order chi connectivity index (χ0) is 35.4. The molecule has 0 saturated carbocycles. The van der Waals surface area contributed by atoms with E-state index in [2.05, 4.69) is 15.6 Å². The van der Waals surface area contributed by atoms with Crippen LogP contribution in [0.1, 0.15) is 42.3 Å². The Labute approximate surface area is 283 Å². The quantitative estimate of drug-likeness (QED) is 0.128. The summed E-state index contributed by atoms with van der Waals surface area (Å²) in [6, 6.07) is 25.6. The molecule has 49 heavy (non-hydrogen) atoms. The molecule has 0 aliphatic carbocycles. The van der Waals surface area contributed by atoms with Crippen LogP contribution in [0, 0.1) is 11.8 Å². The molecule has 0 radical (unpaired) electrons.